The van der Waals surface area contributed by atoms with Gasteiger partial charge in [-0.1, -0.05) is 18.2 Å². The van der Waals surface area contributed by atoms with Crippen molar-refractivity contribution in [3.8, 4) is 5.75 Å². The summed E-state index contributed by atoms with van der Waals surface area (Å²) in [5, 5.41) is 12.0. The van der Waals surface area contributed by atoms with Crippen molar-refractivity contribution in [2.24, 2.45) is 0 Å². The summed E-state index contributed by atoms with van der Waals surface area (Å²) >= 11 is 0. The van der Waals surface area contributed by atoms with Crippen molar-refractivity contribution in [3.05, 3.63) is 59.2 Å². The van der Waals surface area contributed by atoms with Crippen molar-refractivity contribution in [1.29, 1.82) is 0 Å². The lowest BCUT2D eigenvalue weighted by Gasteiger charge is -2.09. The maximum atomic E-state index is 12.6. The number of hydrogen-bond acceptors (Lipinski definition) is 3. The number of phenols is 1. The summed E-state index contributed by atoms with van der Waals surface area (Å²) in [5.74, 6) is -0.834. The van der Waals surface area contributed by atoms with E-state index in [0.29, 0.717) is 6.29 Å². The van der Waals surface area contributed by atoms with Crippen LogP contribution in [0.3, 0.4) is 0 Å². The van der Waals surface area contributed by atoms with Crippen LogP contribution < -0.4 is 5.32 Å². The SMILES string of the molecule is O=Cc1ccc(NC(=O)Cc2cccc(C(F)(F)F)c2)cc1O. The maximum Gasteiger partial charge on any atom is 0.416 e. The molecule has 2 aromatic rings. The molecule has 120 valence electrons. The molecule has 1 amide bonds. The Hall–Kier alpha value is -2.83. The number of aldehydes is 1. The number of hydrogen-bond donors (Lipinski definition) is 2. The molecule has 0 atom stereocenters. The van der Waals surface area contributed by atoms with Gasteiger partial charge in [-0.2, -0.15) is 13.2 Å². The van der Waals surface area contributed by atoms with E-state index in [1.807, 2.05) is 0 Å². The average Bonchev–Trinajstić information content (AvgIpc) is 2.46. The maximum absolute atomic E-state index is 12.6. The zero-order valence-corrected chi connectivity index (χ0v) is 11.7. The molecule has 4 nitrogen and oxygen atoms in total. The van der Waals surface area contributed by atoms with Gasteiger partial charge < -0.3 is 10.4 Å². The minimum atomic E-state index is -4.47. The number of aromatic hydroxyl groups is 1. The van der Waals surface area contributed by atoms with E-state index < -0.39 is 17.6 Å². The smallest absolute Gasteiger partial charge is 0.416 e. The Morgan fingerprint density at radius 1 is 1.17 bits per heavy atom. The lowest BCUT2D eigenvalue weighted by atomic mass is 10.1. The number of rotatable bonds is 4. The lowest BCUT2D eigenvalue weighted by Crippen LogP contribution is -2.15. The third kappa shape index (κ3) is 4.32. The van der Waals surface area contributed by atoms with Crippen molar-refractivity contribution in [1.82, 2.24) is 0 Å². The predicted molar refractivity (Wildman–Crippen MR) is 77.3 cm³/mol. The molecule has 0 aromatic heterocycles. The predicted octanol–water partition coefficient (Wildman–Crippen LogP) is 3.40. The van der Waals surface area contributed by atoms with E-state index in [9.17, 15) is 27.9 Å². The summed E-state index contributed by atoms with van der Waals surface area (Å²) in [7, 11) is 0. The molecule has 0 bridgehead atoms. The van der Waals surface area contributed by atoms with Crippen LogP contribution in [-0.4, -0.2) is 17.3 Å². The van der Waals surface area contributed by atoms with E-state index in [4.69, 9.17) is 0 Å². The van der Waals surface area contributed by atoms with Gasteiger partial charge in [0.2, 0.25) is 5.91 Å². The number of halogens is 3. The first kappa shape index (κ1) is 16.5. The average molecular weight is 323 g/mol. The lowest BCUT2D eigenvalue weighted by molar-refractivity contribution is -0.137. The molecule has 2 N–H and O–H groups in total. The molecule has 0 aliphatic rings. The van der Waals surface area contributed by atoms with Gasteiger partial charge in [0.05, 0.1) is 17.5 Å². The fourth-order valence-corrected chi connectivity index (χ4v) is 1.97. The van der Waals surface area contributed by atoms with Gasteiger partial charge in [0, 0.05) is 11.8 Å². The van der Waals surface area contributed by atoms with Gasteiger partial charge in [-0.05, 0) is 23.8 Å². The van der Waals surface area contributed by atoms with Gasteiger partial charge >= 0.3 is 6.18 Å². The molecule has 2 rings (SSSR count). The highest BCUT2D eigenvalue weighted by Crippen LogP contribution is 2.29. The second-order valence-electron chi connectivity index (χ2n) is 4.81. The molecule has 0 unspecified atom stereocenters. The van der Waals surface area contributed by atoms with Crippen LogP contribution in [-0.2, 0) is 17.4 Å². The Morgan fingerprint density at radius 2 is 1.91 bits per heavy atom. The molecule has 0 radical (unpaired) electrons. The highest BCUT2D eigenvalue weighted by molar-refractivity contribution is 5.93. The van der Waals surface area contributed by atoms with E-state index >= 15 is 0 Å². The number of phenolic OH excluding ortho intramolecular Hbond substituents is 1. The van der Waals surface area contributed by atoms with Crippen LogP contribution in [0.4, 0.5) is 18.9 Å². The molecule has 0 saturated carbocycles. The first-order chi connectivity index (χ1) is 10.8. The van der Waals surface area contributed by atoms with Crippen LogP contribution in [0, 0.1) is 0 Å². The summed E-state index contributed by atoms with van der Waals surface area (Å²) in [5.41, 5.74) is -0.298. The van der Waals surface area contributed by atoms with Crippen LogP contribution >= 0.6 is 0 Å². The minimum absolute atomic E-state index is 0.0703. The number of benzene rings is 2. The second kappa shape index (κ2) is 6.51. The molecule has 0 aliphatic heterocycles. The number of carbonyl (C=O) groups excluding carboxylic acids is 2. The van der Waals surface area contributed by atoms with Crippen LogP contribution in [0.15, 0.2) is 42.5 Å². The fourth-order valence-electron chi connectivity index (χ4n) is 1.97. The molecule has 0 spiro atoms. The molecule has 0 heterocycles. The number of alkyl halides is 3. The number of amides is 1. The molecule has 0 aliphatic carbocycles. The van der Waals surface area contributed by atoms with Gasteiger partial charge in [-0.15, -0.1) is 0 Å². The molecule has 0 saturated heterocycles. The van der Waals surface area contributed by atoms with Gasteiger partial charge in [0.1, 0.15) is 5.75 Å². The highest BCUT2D eigenvalue weighted by Gasteiger charge is 2.30. The summed E-state index contributed by atoms with van der Waals surface area (Å²) in [6, 6.07) is 8.41. The third-order valence-electron chi connectivity index (χ3n) is 3.06. The number of carbonyl (C=O) groups is 2. The summed E-state index contributed by atoms with van der Waals surface area (Å²) < 4.78 is 37.8. The van der Waals surface area contributed by atoms with E-state index in [0.717, 1.165) is 12.1 Å². The Morgan fingerprint density at radius 3 is 2.52 bits per heavy atom. The molecular weight excluding hydrogens is 311 g/mol. The first-order valence-electron chi connectivity index (χ1n) is 6.54. The quantitative estimate of drug-likeness (QED) is 0.848. The highest BCUT2D eigenvalue weighted by atomic mass is 19.4. The van der Waals surface area contributed by atoms with Crippen LogP contribution in [0.1, 0.15) is 21.5 Å². The molecule has 0 fully saturated rings. The monoisotopic (exact) mass is 323 g/mol. The van der Waals surface area contributed by atoms with Gasteiger partial charge in [0.25, 0.3) is 0 Å². The Labute approximate surface area is 129 Å². The van der Waals surface area contributed by atoms with E-state index in [1.165, 1.54) is 30.3 Å². The van der Waals surface area contributed by atoms with Crippen molar-refractivity contribution >= 4 is 17.9 Å². The van der Waals surface area contributed by atoms with Crippen molar-refractivity contribution in [2.45, 2.75) is 12.6 Å². The van der Waals surface area contributed by atoms with Crippen molar-refractivity contribution in [3.63, 3.8) is 0 Å². The zero-order chi connectivity index (χ0) is 17.0. The van der Waals surface area contributed by atoms with E-state index in [1.54, 1.807) is 0 Å². The van der Waals surface area contributed by atoms with Crippen molar-refractivity contribution in [2.75, 3.05) is 5.32 Å². The topological polar surface area (TPSA) is 66.4 Å². The molecule has 2 aromatic carbocycles. The van der Waals surface area contributed by atoms with Crippen molar-refractivity contribution < 1.29 is 27.9 Å². The van der Waals surface area contributed by atoms with Crippen LogP contribution in [0.2, 0.25) is 0 Å². The minimum Gasteiger partial charge on any atom is -0.507 e. The third-order valence-corrected chi connectivity index (χ3v) is 3.06. The Bertz CT molecular complexity index is 742. The Kier molecular flexibility index (Phi) is 4.68. The second-order valence-corrected chi connectivity index (χ2v) is 4.81. The summed E-state index contributed by atoms with van der Waals surface area (Å²) in [6.45, 7) is 0. The summed E-state index contributed by atoms with van der Waals surface area (Å²) in [4.78, 5) is 22.4. The Balaban J connectivity index is 2.08. The van der Waals surface area contributed by atoms with Gasteiger partial charge in [-0.25, -0.2) is 0 Å². The zero-order valence-electron chi connectivity index (χ0n) is 11.7. The normalized spacial score (nSPS) is 11.1. The largest absolute Gasteiger partial charge is 0.507 e. The number of anilines is 1. The molecule has 7 heteroatoms. The van der Waals surface area contributed by atoms with E-state index in [2.05, 4.69) is 5.32 Å². The standard InChI is InChI=1S/C16H12F3NO3/c17-16(18,19)12-3-1-2-10(6-12)7-15(23)20-13-5-4-11(9-21)14(22)8-13/h1-6,8-9,22H,7H2,(H,20,23). The fraction of sp³-hybridized carbons (Fsp3) is 0.125. The summed E-state index contributed by atoms with van der Waals surface area (Å²) in [6.07, 6.45) is -4.26. The molecule has 23 heavy (non-hydrogen) atoms. The van der Waals surface area contributed by atoms with Gasteiger partial charge in [0.15, 0.2) is 6.29 Å². The van der Waals surface area contributed by atoms with Crippen LogP contribution in [0.5, 0.6) is 5.75 Å². The van der Waals surface area contributed by atoms with Crippen LogP contribution in [0.25, 0.3) is 0 Å². The first-order valence-corrected chi connectivity index (χ1v) is 6.54. The number of nitrogens with one attached hydrogen (secondary N) is 1. The van der Waals surface area contributed by atoms with E-state index in [-0.39, 0.29) is 29.0 Å². The molecular formula is C16H12F3NO3. The van der Waals surface area contributed by atoms with Gasteiger partial charge in [-0.3, -0.25) is 9.59 Å².